The van der Waals surface area contributed by atoms with Crippen LogP contribution in [0.1, 0.15) is 111 Å². The lowest BCUT2D eigenvalue weighted by atomic mass is 9.88. The number of carbonyl (C=O) groups is 3. The second-order valence-corrected chi connectivity index (χ2v) is 20.1. The molecule has 0 saturated carbocycles. The van der Waals surface area contributed by atoms with Gasteiger partial charge in [-0.05, 0) is 90.5 Å². The molecule has 0 aromatic heterocycles. The number of hydrogen-bond acceptors (Lipinski definition) is 18. The Morgan fingerprint density at radius 3 is 2.17 bits per heavy atom. The zero-order valence-corrected chi connectivity index (χ0v) is 44.5. The van der Waals surface area contributed by atoms with Crippen LogP contribution in [0.15, 0.2) is 58.7 Å². The van der Waals surface area contributed by atoms with Crippen molar-refractivity contribution in [2.45, 2.75) is 187 Å². The van der Waals surface area contributed by atoms with Gasteiger partial charge in [-0.3, -0.25) is 4.79 Å². The minimum atomic E-state index is -1.61. The number of aromatic hydroxyl groups is 2. The van der Waals surface area contributed by atoms with Crippen LogP contribution in [0.4, 0.5) is 0 Å². The summed E-state index contributed by atoms with van der Waals surface area (Å²) in [7, 11) is 1.26. The van der Waals surface area contributed by atoms with Gasteiger partial charge in [-0.1, -0.05) is 86.9 Å². The molecule has 18 nitrogen and oxygen atoms in total. The number of aliphatic hydroxyl groups is 5. The zero-order chi connectivity index (χ0) is 54.1. The third-order valence-electron chi connectivity index (χ3n) is 13.0. The molecule has 0 bridgehead atoms. The second-order valence-electron chi connectivity index (χ2n) is 19.4. The largest absolute Gasteiger partial charge is 0.505 e. The average molecular weight is 1060 g/mol. The maximum atomic E-state index is 13.9. The van der Waals surface area contributed by atoms with Crippen LogP contribution in [0.2, 0.25) is 10.0 Å². The van der Waals surface area contributed by atoms with Crippen LogP contribution in [0.25, 0.3) is 0 Å². The number of carbonyl (C=O) groups excluding carboxylic acids is 3. The smallest absolute Gasteiger partial charge is 0.342 e. The molecule has 4 rings (SSSR count). The minimum absolute atomic E-state index is 0.0372. The van der Waals surface area contributed by atoms with Crippen molar-refractivity contribution in [3.63, 3.8) is 0 Å². The van der Waals surface area contributed by atoms with Crippen molar-refractivity contribution in [3.8, 4) is 11.5 Å². The summed E-state index contributed by atoms with van der Waals surface area (Å²) in [6.45, 7) is 18.1. The third kappa shape index (κ3) is 14.7. The molecule has 3 aliphatic heterocycles. The predicted octanol–water partition coefficient (Wildman–Crippen LogP) is 6.23. The van der Waals surface area contributed by atoms with Gasteiger partial charge in [0.1, 0.15) is 46.7 Å². The highest BCUT2D eigenvalue weighted by molar-refractivity contribution is 6.39. The molecule has 0 aliphatic carbocycles. The summed E-state index contributed by atoms with van der Waals surface area (Å²) in [6, 6.07) is 0. The van der Waals surface area contributed by atoms with E-state index < -0.39 is 144 Å². The first-order valence-electron chi connectivity index (χ1n) is 24.2. The number of methoxy groups -OCH3 is 1. The Hall–Kier alpha value is -3.89. The number of ether oxygens (including phenoxy) is 8. The molecule has 20 heteroatoms. The summed E-state index contributed by atoms with van der Waals surface area (Å²) in [5.74, 6) is -4.78. The standard InChI is InChI=1S/C52H74Cl2O18/c1-13-30-22-26(6)33(56)18-16-15-17-31(23-66-51-45(65-12)42(61)44(29(9)67-51)69-49(64)35-32(14-2)36(53)39(58)37(54)38(35)57)48(63)68-34(28(8)55)20-19-25(5)21-27(7)43(30)70-50-41(60)40(59)46(52(10,11)72-50)71-47(62)24(3)4/h15-17,19,21-22,24,28-30,33-34,40-46,50-51,55-61H,13-14,18,20,23H2,1-12H3/b16-15+,25-19+,26-22+,27-21+,31-17-. The number of rotatable bonds is 13. The number of allylic oxidation sites excluding steroid dienone is 4. The number of phenols is 2. The molecular weight excluding hydrogens is 983 g/mol. The first-order chi connectivity index (χ1) is 33.7. The summed E-state index contributed by atoms with van der Waals surface area (Å²) in [6.07, 6.45) is -5.45. The normalized spacial score (nSPS) is 34.8. The number of hydrogen-bond donors (Lipinski definition) is 7. The summed E-state index contributed by atoms with van der Waals surface area (Å²) in [5, 5.41) is 76.5. The predicted molar refractivity (Wildman–Crippen MR) is 265 cm³/mol. The minimum Gasteiger partial charge on any atom is -0.505 e. The highest BCUT2D eigenvalue weighted by Crippen LogP contribution is 2.45. The molecule has 2 fully saturated rings. The first kappa shape index (κ1) is 60.7. The Kier molecular flexibility index (Phi) is 22.4. The molecule has 1 aromatic carbocycles. The third-order valence-corrected chi connectivity index (χ3v) is 13.8. The van der Waals surface area contributed by atoms with Crippen LogP contribution in [-0.2, 0) is 53.9 Å². The summed E-state index contributed by atoms with van der Waals surface area (Å²) >= 11 is 12.3. The summed E-state index contributed by atoms with van der Waals surface area (Å²) < 4.78 is 47.5. The fourth-order valence-corrected chi connectivity index (χ4v) is 9.16. The van der Waals surface area contributed by atoms with Gasteiger partial charge in [0.15, 0.2) is 36.3 Å². The number of benzene rings is 1. The Morgan fingerprint density at radius 1 is 0.903 bits per heavy atom. The molecule has 3 aliphatic rings. The SMILES string of the molecule is CCc1c(Cl)c(O)c(Cl)c(O)c1C(=O)OC1C(C)OC(OC/C2=C/C=C/CC(O)/C(C)=C/C(CC)C(OC3OC(C)(C)C(OC(=O)C(C)C)C(O)C3O)/C(C)=C/C(C)=C/CC(C(C)O)OC2=O)C(OC)C1O. The molecular formula is C52H74Cl2O18. The number of halogens is 2. The summed E-state index contributed by atoms with van der Waals surface area (Å²) in [4.78, 5) is 40.0. The highest BCUT2D eigenvalue weighted by atomic mass is 35.5. The maximum Gasteiger partial charge on any atom is 0.342 e. The fraction of sp³-hybridized carbons (Fsp3) is 0.635. The van der Waals surface area contributed by atoms with E-state index in [1.54, 1.807) is 53.7 Å². The lowest BCUT2D eigenvalue weighted by Crippen LogP contribution is -2.64. The monoisotopic (exact) mass is 1060 g/mol. The number of esters is 3. The molecule has 0 spiro atoms. The maximum absolute atomic E-state index is 13.9. The van der Waals surface area contributed by atoms with E-state index in [0.717, 1.165) is 0 Å². The van der Waals surface area contributed by atoms with Crippen molar-refractivity contribution in [1.29, 1.82) is 0 Å². The Balaban J connectivity index is 1.61. The van der Waals surface area contributed by atoms with Gasteiger partial charge in [-0.25, -0.2) is 9.59 Å². The van der Waals surface area contributed by atoms with Crippen molar-refractivity contribution in [2.24, 2.45) is 11.8 Å². The molecule has 14 unspecified atom stereocenters. The first-order valence-corrected chi connectivity index (χ1v) is 24.9. The van der Waals surface area contributed by atoms with E-state index in [4.69, 9.17) is 61.1 Å². The van der Waals surface area contributed by atoms with Crippen LogP contribution in [-0.4, -0.2) is 153 Å². The topological polar surface area (TPSA) is 267 Å². The van der Waals surface area contributed by atoms with Crippen molar-refractivity contribution in [1.82, 2.24) is 0 Å². The van der Waals surface area contributed by atoms with Gasteiger partial charge in [0.2, 0.25) is 0 Å². The van der Waals surface area contributed by atoms with Gasteiger partial charge in [-0.15, -0.1) is 0 Å². The van der Waals surface area contributed by atoms with E-state index in [-0.39, 0.29) is 35.4 Å². The molecule has 0 radical (unpaired) electrons. The Labute approximate surface area is 431 Å². The zero-order valence-electron chi connectivity index (χ0n) is 43.0. The van der Waals surface area contributed by atoms with Crippen molar-refractivity contribution >= 4 is 41.1 Å². The van der Waals surface area contributed by atoms with Crippen molar-refractivity contribution in [3.05, 3.63) is 79.9 Å². The lowest BCUT2D eigenvalue weighted by Gasteiger charge is -2.47. The molecule has 0 amide bonds. The molecule has 72 heavy (non-hydrogen) atoms. The number of phenolic OH excluding ortho intramolecular Hbond substituents is 2. The molecule has 14 atom stereocenters. The van der Waals surface area contributed by atoms with E-state index in [0.29, 0.717) is 23.1 Å². The number of cyclic esters (lactones) is 1. The average Bonchev–Trinajstić information content (AvgIpc) is 3.32. The molecule has 1 aromatic rings. The number of aliphatic hydroxyl groups excluding tert-OH is 5. The highest BCUT2D eigenvalue weighted by Gasteiger charge is 2.53. The van der Waals surface area contributed by atoms with Gasteiger partial charge in [0.25, 0.3) is 0 Å². The second kappa shape index (κ2) is 26.5. The molecule has 7 N–H and O–H groups in total. The van der Waals surface area contributed by atoms with Gasteiger partial charge in [-0.2, -0.15) is 0 Å². The van der Waals surface area contributed by atoms with Crippen molar-refractivity contribution < 1.29 is 88.0 Å². The van der Waals surface area contributed by atoms with Crippen LogP contribution in [0, 0.1) is 11.8 Å². The summed E-state index contributed by atoms with van der Waals surface area (Å²) in [5.41, 5.74) is 0.318. The van der Waals surface area contributed by atoms with Crippen LogP contribution in [0.3, 0.4) is 0 Å². The van der Waals surface area contributed by atoms with Crippen molar-refractivity contribution in [2.75, 3.05) is 13.7 Å². The van der Waals surface area contributed by atoms with Crippen LogP contribution < -0.4 is 0 Å². The molecule has 404 valence electrons. The van der Waals surface area contributed by atoms with E-state index >= 15 is 0 Å². The molecule has 2 saturated heterocycles. The van der Waals surface area contributed by atoms with Crippen LogP contribution in [0.5, 0.6) is 11.5 Å². The Morgan fingerprint density at radius 2 is 1.57 bits per heavy atom. The molecule has 3 heterocycles. The van der Waals surface area contributed by atoms with Gasteiger partial charge >= 0.3 is 17.9 Å². The Bertz CT molecular complexity index is 2220. The van der Waals surface area contributed by atoms with E-state index in [1.807, 2.05) is 32.9 Å². The fourth-order valence-electron chi connectivity index (χ4n) is 8.60. The van der Waals surface area contributed by atoms with E-state index in [1.165, 1.54) is 33.1 Å². The quantitative estimate of drug-likeness (QED) is 0.0655. The van der Waals surface area contributed by atoms with Gasteiger partial charge < -0.3 is 73.6 Å². The van der Waals surface area contributed by atoms with E-state index in [9.17, 15) is 50.1 Å². The van der Waals surface area contributed by atoms with Gasteiger partial charge in [0, 0.05) is 19.4 Å². The van der Waals surface area contributed by atoms with Gasteiger partial charge in [0.05, 0.1) is 47.5 Å². The van der Waals surface area contributed by atoms with Crippen LogP contribution >= 0.6 is 23.2 Å². The van der Waals surface area contributed by atoms with E-state index in [2.05, 4.69) is 0 Å². The lowest BCUT2D eigenvalue weighted by molar-refractivity contribution is -0.333.